The summed E-state index contributed by atoms with van der Waals surface area (Å²) in [4.78, 5) is 13.5. The first kappa shape index (κ1) is 13.3. The summed E-state index contributed by atoms with van der Waals surface area (Å²) in [6.45, 7) is 1.00. The number of carbonyl (C=O) groups is 1. The number of carbonyl (C=O) groups excluding carboxylic acids is 1. The van der Waals surface area contributed by atoms with Crippen molar-refractivity contribution in [1.82, 2.24) is 4.90 Å². The molecule has 2 rings (SSSR count). The molecule has 1 aromatic rings. The van der Waals surface area contributed by atoms with Crippen molar-refractivity contribution >= 4 is 17.6 Å². The highest BCUT2D eigenvalue weighted by molar-refractivity contribution is 6.31. The van der Waals surface area contributed by atoms with Gasteiger partial charge in [-0.05, 0) is 11.6 Å². The molecule has 2 unspecified atom stereocenters. The molecule has 1 aromatic carbocycles. The van der Waals surface area contributed by atoms with Gasteiger partial charge in [-0.25, -0.2) is 0 Å². The van der Waals surface area contributed by atoms with Crippen LogP contribution in [0.4, 0.5) is 0 Å². The quantitative estimate of drug-likeness (QED) is 0.844. The lowest BCUT2D eigenvalue weighted by molar-refractivity contribution is -0.146. The summed E-state index contributed by atoms with van der Waals surface area (Å²) in [6.07, 6.45) is -0.0755. The third kappa shape index (κ3) is 2.83. The van der Waals surface area contributed by atoms with E-state index in [1.54, 1.807) is 0 Å². The number of rotatable bonds is 3. The van der Waals surface area contributed by atoms with E-state index in [1.165, 1.54) is 7.11 Å². The number of methoxy groups -OCH3 is 1. The molecule has 0 radical (unpaired) electrons. The fourth-order valence-corrected chi connectivity index (χ4v) is 2.48. The van der Waals surface area contributed by atoms with E-state index in [-0.39, 0.29) is 12.0 Å². The molecule has 1 aliphatic rings. The Morgan fingerprint density at radius 3 is 2.94 bits per heavy atom. The Morgan fingerprint density at radius 2 is 2.28 bits per heavy atom. The van der Waals surface area contributed by atoms with Crippen molar-refractivity contribution in [3.05, 3.63) is 34.9 Å². The normalized spacial score (nSPS) is 24.2. The van der Waals surface area contributed by atoms with E-state index in [4.69, 9.17) is 16.3 Å². The fourth-order valence-electron chi connectivity index (χ4n) is 2.28. The minimum absolute atomic E-state index is 0.307. The maximum absolute atomic E-state index is 11.6. The molecule has 98 valence electrons. The average molecular weight is 270 g/mol. The van der Waals surface area contributed by atoms with Crippen LogP contribution in [0.1, 0.15) is 12.0 Å². The maximum Gasteiger partial charge on any atom is 0.323 e. The minimum Gasteiger partial charge on any atom is -0.468 e. The average Bonchev–Trinajstić information content (AvgIpc) is 2.72. The van der Waals surface area contributed by atoms with E-state index in [9.17, 15) is 9.90 Å². The van der Waals surface area contributed by atoms with Gasteiger partial charge in [-0.3, -0.25) is 9.69 Å². The summed E-state index contributed by atoms with van der Waals surface area (Å²) in [5.74, 6) is -0.307. The first-order valence-corrected chi connectivity index (χ1v) is 6.23. The summed E-state index contributed by atoms with van der Waals surface area (Å²) >= 11 is 6.09. The minimum atomic E-state index is -0.489. The number of nitrogens with zero attached hydrogens (tertiary/aromatic N) is 1. The van der Waals surface area contributed by atoms with E-state index in [0.717, 1.165) is 5.56 Å². The van der Waals surface area contributed by atoms with Gasteiger partial charge in [-0.15, -0.1) is 0 Å². The Hall–Kier alpha value is -1.10. The van der Waals surface area contributed by atoms with Crippen molar-refractivity contribution in [2.45, 2.75) is 25.1 Å². The first-order valence-electron chi connectivity index (χ1n) is 5.85. The number of ether oxygens (including phenoxy) is 1. The van der Waals surface area contributed by atoms with Gasteiger partial charge in [0, 0.05) is 24.5 Å². The largest absolute Gasteiger partial charge is 0.468 e. The molecule has 0 spiro atoms. The van der Waals surface area contributed by atoms with Crippen LogP contribution in [0.15, 0.2) is 24.3 Å². The van der Waals surface area contributed by atoms with Gasteiger partial charge in [0.2, 0.25) is 0 Å². The molecule has 1 heterocycles. The number of esters is 1. The van der Waals surface area contributed by atoms with Gasteiger partial charge in [0.05, 0.1) is 13.2 Å². The Kier molecular flexibility index (Phi) is 4.22. The molecule has 2 atom stereocenters. The van der Waals surface area contributed by atoms with Crippen LogP contribution < -0.4 is 0 Å². The standard InChI is InChI=1S/C13H16ClNO3/c1-18-13(17)12-6-10(16)8-15(12)7-9-4-2-3-5-11(9)14/h2-5,10,12,16H,6-8H2,1H3. The molecular formula is C13H16ClNO3. The molecule has 0 bridgehead atoms. The van der Waals surface area contributed by atoms with Gasteiger partial charge in [-0.1, -0.05) is 29.8 Å². The van der Waals surface area contributed by atoms with Crippen LogP contribution in [0.3, 0.4) is 0 Å². The molecular weight excluding hydrogens is 254 g/mol. The van der Waals surface area contributed by atoms with Gasteiger partial charge < -0.3 is 9.84 Å². The number of halogens is 1. The predicted octanol–water partition coefficient (Wildman–Crippen LogP) is 1.45. The highest BCUT2D eigenvalue weighted by atomic mass is 35.5. The number of hydrogen-bond acceptors (Lipinski definition) is 4. The summed E-state index contributed by atoms with van der Waals surface area (Å²) in [7, 11) is 1.36. The van der Waals surface area contributed by atoms with Crippen LogP contribution in [-0.2, 0) is 16.1 Å². The summed E-state index contributed by atoms with van der Waals surface area (Å²) in [5, 5.41) is 10.3. The Labute approximate surface area is 111 Å². The van der Waals surface area contributed by atoms with Gasteiger partial charge in [0.1, 0.15) is 6.04 Å². The summed E-state index contributed by atoms with van der Waals surface area (Å²) < 4.78 is 4.76. The van der Waals surface area contributed by atoms with Crippen LogP contribution in [0.5, 0.6) is 0 Å². The van der Waals surface area contributed by atoms with Crippen LogP contribution >= 0.6 is 11.6 Å². The maximum atomic E-state index is 11.6. The SMILES string of the molecule is COC(=O)C1CC(O)CN1Cc1ccccc1Cl. The van der Waals surface area contributed by atoms with E-state index in [0.29, 0.717) is 24.5 Å². The lowest BCUT2D eigenvalue weighted by Gasteiger charge is -2.22. The van der Waals surface area contributed by atoms with Crippen molar-refractivity contribution < 1.29 is 14.6 Å². The fraction of sp³-hybridized carbons (Fsp3) is 0.462. The lowest BCUT2D eigenvalue weighted by atomic mass is 10.1. The third-order valence-electron chi connectivity index (χ3n) is 3.19. The smallest absolute Gasteiger partial charge is 0.323 e. The number of likely N-dealkylation sites (tertiary alicyclic amines) is 1. The van der Waals surface area contributed by atoms with Crippen molar-refractivity contribution in [3.63, 3.8) is 0 Å². The molecule has 1 aliphatic heterocycles. The summed E-state index contributed by atoms with van der Waals surface area (Å²) in [6, 6.07) is 7.11. The Balaban J connectivity index is 2.12. The van der Waals surface area contributed by atoms with Crippen LogP contribution in [0.25, 0.3) is 0 Å². The predicted molar refractivity (Wildman–Crippen MR) is 68.3 cm³/mol. The van der Waals surface area contributed by atoms with Crippen molar-refractivity contribution in [3.8, 4) is 0 Å². The lowest BCUT2D eigenvalue weighted by Crippen LogP contribution is -2.36. The number of hydrogen-bond donors (Lipinski definition) is 1. The van der Waals surface area contributed by atoms with Gasteiger partial charge in [0.25, 0.3) is 0 Å². The second kappa shape index (κ2) is 5.69. The molecule has 1 fully saturated rings. The Bertz CT molecular complexity index is 438. The zero-order valence-corrected chi connectivity index (χ0v) is 10.9. The van der Waals surface area contributed by atoms with Crippen LogP contribution in [0, 0.1) is 0 Å². The van der Waals surface area contributed by atoms with Crippen LogP contribution in [-0.4, -0.2) is 41.8 Å². The zero-order chi connectivity index (χ0) is 13.1. The zero-order valence-electron chi connectivity index (χ0n) is 10.2. The van der Waals surface area contributed by atoms with Crippen molar-refractivity contribution in [2.24, 2.45) is 0 Å². The molecule has 18 heavy (non-hydrogen) atoms. The molecule has 0 aromatic heterocycles. The second-order valence-electron chi connectivity index (χ2n) is 4.45. The van der Waals surface area contributed by atoms with Gasteiger partial charge in [-0.2, -0.15) is 0 Å². The van der Waals surface area contributed by atoms with Crippen molar-refractivity contribution in [1.29, 1.82) is 0 Å². The second-order valence-corrected chi connectivity index (χ2v) is 4.86. The van der Waals surface area contributed by atoms with Gasteiger partial charge >= 0.3 is 5.97 Å². The van der Waals surface area contributed by atoms with E-state index < -0.39 is 6.10 Å². The monoisotopic (exact) mass is 269 g/mol. The Morgan fingerprint density at radius 1 is 1.56 bits per heavy atom. The molecule has 0 saturated carbocycles. The molecule has 5 heteroatoms. The topological polar surface area (TPSA) is 49.8 Å². The molecule has 0 amide bonds. The molecule has 0 aliphatic carbocycles. The number of β-amino-alcohol motifs (C(OH)–C–C–N with tert-alkyl or cyclic N) is 1. The number of aliphatic hydroxyl groups is 1. The van der Waals surface area contributed by atoms with Gasteiger partial charge in [0.15, 0.2) is 0 Å². The first-order chi connectivity index (χ1) is 8.61. The van der Waals surface area contributed by atoms with Crippen LogP contribution in [0.2, 0.25) is 5.02 Å². The van der Waals surface area contributed by atoms with E-state index in [2.05, 4.69) is 0 Å². The van der Waals surface area contributed by atoms with Crippen molar-refractivity contribution in [2.75, 3.05) is 13.7 Å². The summed E-state index contributed by atoms with van der Waals surface area (Å²) in [5.41, 5.74) is 0.946. The highest BCUT2D eigenvalue weighted by Crippen LogP contribution is 2.24. The molecule has 4 nitrogen and oxygen atoms in total. The van der Waals surface area contributed by atoms with E-state index in [1.807, 2.05) is 29.2 Å². The molecule has 1 saturated heterocycles. The van der Waals surface area contributed by atoms with E-state index >= 15 is 0 Å². The highest BCUT2D eigenvalue weighted by Gasteiger charge is 2.36. The number of benzene rings is 1. The molecule has 1 N–H and O–H groups in total. The number of aliphatic hydroxyl groups excluding tert-OH is 1. The third-order valence-corrected chi connectivity index (χ3v) is 3.55.